The molecule has 0 radical (unpaired) electrons. The molecule has 0 aromatic heterocycles. The average molecular weight is 481 g/mol. The topological polar surface area (TPSA) is 0 Å². The molecule has 39 heavy (non-hydrogen) atoms. The fraction of sp³-hybridized carbons (Fsp3) is 0.0769. The van der Waals surface area contributed by atoms with Crippen molar-refractivity contribution in [3.8, 4) is 0 Å². The molecule has 0 heteroatoms. The van der Waals surface area contributed by atoms with Gasteiger partial charge in [-0.25, -0.2) is 0 Å². The molecule has 168 valence electrons. The van der Waals surface area contributed by atoms with Crippen LogP contribution in [0.15, 0.2) is 36.4 Å². The first-order chi connectivity index (χ1) is 19.3. The summed E-state index contributed by atoms with van der Waals surface area (Å²) < 4.78 is 0. The van der Waals surface area contributed by atoms with E-state index in [1.165, 1.54) is 16.2 Å². The number of hydrogen-bond acceptors (Lipinski definition) is 0. The molecule has 0 unspecified atom stereocenters. The van der Waals surface area contributed by atoms with E-state index in [0.717, 1.165) is 19.3 Å². The normalized spacial score (nSPS) is 16.9. The molecule has 13 aromatic carbocycles. The second kappa shape index (κ2) is 3.91. The summed E-state index contributed by atoms with van der Waals surface area (Å²) in [6.45, 7) is 0. The highest BCUT2D eigenvalue weighted by atomic mass is 14.4. The van der Waals surface area contributed by atoms with Gasteiger partial charge in [-0.15, -0.1) is 0 Å². The first-order valence-corrected chi connectivity index (χ1v) is 14.6. The van der Waals surface area contributed by atoms with Crippen LogP contribution in [0.3, 0.4) is 0 Å². The third kappa shape index (κ3) is 1.06. The lowest BCUT2D eigenvalue weighted by Crippen LogP contribution is -1.86. The van der Waals surface area contributed by atoms with Crippen LogP contribution in [0.5, 0.6) is 0 Å². The van der Waals surface area contributed by atoms with Crippen LogP contribution < -0.4 is 0 Å². The van der Waals surface area contributed by atoms with E-state index in [9.17, 15) is 0 Å². The molecule has 3 aliphatic rings. The molecular formula is C39H12. The maximum Gasteiger partial charge on any atom is -0.0000136 e. The van der Waals surface area contributed by atoms with Gasteiger partial charge < -0.3 is 0 Å². The summed E-state index contributed by atoms with van der Waals surface area (Å²) in [5.74, 6) is 0. The lowest BCUT2D eigenvalue weighted by Gasteiger charge is -2.11. The third-order valence-electron chi connectivity index (χ3n) is 12.7. The second-order valence-corrected chi connectivity index (χ2v) is 13.8. The van der Waals surface area contributed by atoms with Crippen LogP contribution in [-0.2, 0) is 19.3 Å². The molecular weight excluding hydrogens is 468 g/mol. The third-order valence-corrected chi connectivity index (χ3v) is 12.7. The Bertz CT molecular complexity index is 2770. The summed E-state index contributed by atoms with van der Waals surface area (Å²) in [4.78, 5) is 0. The van der Waals surface area contributed by atoms with Gasteiger partial charge in [0.2, 0.25) is 0 Å². The van der Waals surface area contributed by atoms with Gasteiger partial charge in [-0.2, -0.15) is 0 Å². The van der Waals surface area contributed by atoms with Crippen molar-refractivity contribution in [1.82, 2.24) is 0 Å². The van der Waals surface area contributed by atoms with Crippen molar-refractivity contribution < 1.29 is 0 Å². The van der Waals surface area contributed by atoms with Crippen molar-refractivity contribution in [2.45, 2.75) is 19.3 Å². The highest BCUT2D eigenvalue weighted by Gasteiger charge is 2.40. The van der Waals surface area contributed by atoms with E-state index < -0.39 is 0 Å². The van der Waals surface area contributed by atoms with Crippen LogP contribution in [0, 0.1) is 0 Å². The molecule has 0 saturated carbocycles. The number of rotatable bonds is 0. The molecule has 0 spiro atoms. The van der Waals surface area contributed by atoms with Crippen molar-refractivity contribution in [1.29, 1.82) is 0 Å². The Kier molecular flexibility index (Phi) is 1.57. The van der Waals surface area contributed by atoms with Crippen molar-refractivity contribution >= 4 is 129 Å². The Hall–Kier alpha value is -4.68. The van der Waals surface area contributed by atoms with Crippen molar-refractivity contribution in [2.75, 3.05) is 0 Å². The van der Waals surface area contributed by atoms with Gasteiger partial charge >= 0.3 is 0 Å². The van der Waals surface area contributed by atoms with Crippen LogP contribution >= 0.6 is 0 Å². The molecule has 0 fully saturated rings. The second-order valence-electron chi connectivity index (χ2n) is 13.8. The zero-order chi connectivity index (χ0) is 23.7. The predicted molar refractivity (Wildman–Crippen MR) is 166 cm³/mol. The van der Waals surface area contributed by atoms with Crippen LogP contribution in [-0.4, -0.2) is 0 Å². The summed E-state index contributed by atoms with van der Waals surface area (Å²) in [6, 6.07) is 15.6. The highest BCUT2D eigenvalue weighted by Crippen LogP contribution is 2.67. The molecule has 13 aromatic rings. The lowest BCUT2D eigenvalue weighted by molar-refractivity contribution is 1.27. The summed E-state index contributed by atoms with van der Waals surface area (Å²) in [5, 5.41) is 38.2. The van der Waals surface area contributed by atoms with Gasteiger partial charge in [-0.05, 0) is 182 Å². The molecule has 3 aliphatic carbocycles. The van der Waals surface area contributed by atoms with E-state index in [2.05, 4.69) is 36.4 Å². The fourth-order valence-corrected chi connectivity index (χ4v) is 12.0. The quantitative estimate of drug-likeness (QED) is 0.189. The molecule has 0 nitrogen and oxygen atoms in total. The Morgan fingerprint density at radius 1 is 0.205 bits per heavy atom. The van der Waals surface area contributed by atoms with Crippen LogP contribution in [0.2, 0.25) is 0 Å². The molecule has 0 saturated heterocycles. The summed E-state index contributed by atoms with van der Waals surface area (Å²) in [5.41, 5.74) is 9.44. The van der Waals surface area contributed by atoms with Crippen LogP contribution in [0.25, 0.3) is 129 Å². The molecule has 0 aliphatic heterocycles. The Morgan fingerprint density at radius 2 is 0.385 bits per heavy atom. The van der Waals surface area contributed by atoms with Gasteiger partial charge in [-0.3, -0.25) is 0 Å². The number of benzene rings is 10. The molecule has 0 N–H and O–H groups in total. The highest BCUT2D eigenvalue weighted by molar-refractivity contribution is 6.66. The van der Waals surface area contributed by atoms with Crippen molar-refractivity contribution in [2.24, 2.45) is 0 Å². The molecule has 16 rings (SSSR count). The maximum absolute atomic E-state index is 2.60. The van der Waals surface area contributed by atoms with E-state index in [0.29, 0.717) is 0 Å². The summed E-state index contributed by atoms with van der Waals surface area (Å²) >= 11 is 0. The number of hydrogen-bond donors (Lipinski definition) is 0. The van der Waals surface area contributed by atoms with E-state index in [4.69, 9.17) is 0 Å². The van der Waals surface area contributed by atoms with Gasteiger partial charge in [0.25, 0.3) is 0 Å². The zero-order valence-electron chi connectivity index (χ0n) is 20.6. The standard InChI is InChI=1S/C39H12/c1-10-4-16-6-12-2-14-8-18-9-15-3-13-7-17-5-11(1)20-19(10)28-25(16)30-21(12)23(14)32-27(18)33-24(15)22(13)31-26(17)29(20)35-34(28)36(30)38(32)39(33)37(31)35/h4-9H,1-3H2. The smallest absolute Gasteiger partial charge is 0.0000136 e. The molecule has 0 atom stereocenters. The van der Waals surface area contributed by atoms with Crippen molar-refractivity contribution in [3.05, 3.63) is 69.8 Å². The zero-order valence-corrected chi connectivity index (χ0v) is 20.6. The monoisotopic (exact) mass is 480 g/mol. The molecule has 0 amide bonds. The minimum Gasteiger partial charge on any atom is -0.0501 e. The first kappa shape index (κ1) is 15.7. The van der Waals surface area contributed by atoms with Gasteiger partial charge in [0.05, 0.1) is 0 Å². The minimum atomic E-state index is 1.09. The van der Waals surface area contributed by atoms with Crippen molar-refractivity contribution in [3.63, 3.8) is 0 Å². The Balaban J connectivity index is 1.56. The van der Waals surface area contributed by atoms with Crippen LogP contribution in [0.1, 0.15) is 33.4 Å². The Labute approximate surface area is 217 Å². The van der Waals surface area contributed by atoms with Gasteiger partial charge in [-0.1, -0.05) is 36.4 Å². The van der Waals surface area contributed by atoms with E-state index in [1.54, 1.807) is 146 Å². The van der Waals surface area contributed by atoms with Gasteiger partial charge in [0.15, 0.2) is 0 Å². The Morgan fingerprint density at radius 3 is 0.590 bits per heavy atom. The van der Waals surface area contributed by atoms with E-state index in [1.807, 2.05) is 0 Å². The largest absolute Gasteiger partial charge is 0.0501 e. The van der Waals surface area contributed by atoms with E-state index >= 15 is 0 Å². The van der Waals surface area contributed by atoms with E-state index in [-0.39, 0.29) is 0 Å². The summed E-state index contributed by atoms with van der Waals surface area (Å²) in [6.07, 6.45) is 3.26. The average Bonchev–Trinajstić information content (AvgIpc) is 3.74. The molecule has 0 heterocycles. The van der Waals surface area contributed by atoms with Crippen LogP contribution in [0.4, 0.5) is 0 Å². The van der Waals surface area contributed by atoms with Gasteiger partial charge in [0.1, 0.15) is 0 Å². The summed E-state index contributed by atoms with van der Waals surface area (Å²) in [7, 11) is 0. The van der Waals surface area contributed by atoms with Gasteiger partial charge in [0, 0.05) is 0 Å². The predicted octanol–water partition coefficient (Wildman–Crippen LogP) is 10.2. The fourth-order valence-electron chi connectivity index (χ4n) is 12.0. The SMILES string of the molecule is c1c2c3c4c(cc5cc6c7c8c(cc9cc%10c%11c%12c(cc1c1c3c3c%13c4c5c7c%13c4c8c9c%11c4c3c%121)C%10)C6)C2. The molecule has 0 bridgehead atoms. The minimum absolute atomic E-state index is 1.09. The first-order valence-electron chi connectivity index (χ1n) is 14.6. The lowest BCUT2D eigenvalue weighted by atomic mass is 9.90. The maximum atomic E-state index is 2.60.